The average Bonchev–Trinajstić information content (AvgIpc) is 2.98. The Morgan fingerprint density at radius 1 is 0.500 bits per heavy atom. The number of nitrogens with two attached hydrogens (primary N) is 10. The number of carbonyl (C=O) groups excluding carboxylic acids is 6. The lowest BCUT2D eigenvalue weighted by atomic mass is 10.0. The Labute approximate surface area is 271 Å². The summed E-state index contributed by atoms with van der Waals surface area (Å²) in [5, 5.41) is 10.4. The van der Waals surface area contributed by atoms with Gasteiger partial charge in [-0.2, -0.15) is 0 Å². The molecule has 6 unspecified atom stereocenters. The topological polar surface area (TPSA) is 472 Å². The predicted molar refractivity (Wildman–Crippen MR) is 171 cm³/mol. The van der Waals surface area contributed by atoms with E-state index in [-0.39, 0.29) is 0 Å². The van der Waals surface area contributed by atoms with Crippen molar-refractivity contribution in [2.75, 3.05) is 0 Å². The second-order valence-corrected chi connectivity index (χ2v) is 9.38. The van der Waals surface area contributed by atoms with Crippen molar-refractivity contribution in [1.82, 2.24) is 26.6 Å². The summed E-state index contributed by atoms with van der Waals surface area (Å²) < 4.78 is 0. The molecule has 0 saturated carbocycles. The Bertz CT molecular complexity index is 1460. The van der Waals surface area contributed by atoms with Crippen LogP contribution in [0.25, 0.3) is 0 Å². The van der Waals surface area contributed by atoms with E-state index in [1.54, 1.807) is 37.3 Å². The van der Waals surface area contributed by atoms with Crippen molar-refractivity contribution < 1.29 is 28.8 Å². The van der Waals surface area contributed by atoms with Gasteiger partial charge >= 0.3 is 0 Å². The quantitative estimate of drug-likeness (QED) is 0.0439. The van der Waals surface area contributed by atoms with Gasteiger partial charge in [0.1, 0.15) is 0 Å². The van der Waals surface area contributed by atoms with E-state index in [0.29, 0.717) is 5.56 Å². The molecule has 25 nitrogen and oxygen atoms in total. The smallest absolute Gasteiger partial charge is 0.267 e. The zero-order chi connectivity index (χ0) is 36.7. The molecular formula is C23H39N19O6. The van der Waals surface area contributed by atoms with E-state index in [1.165, 1.54) is 0 Å². The fourth-order valence-corrected chi connectivity index (χ4v) is 3.32. The molecule has 1 rings (SSSR count). The maximum Gasteiger partial charge on any atom is 0.267 e. The summed E-state index contributed by atoms with van der Waals surface area (Å²) in [5.41, 5.74) is 54.0. The summed E-state index contributed by atoms with van der Waals surface area (Å²) in [7, 11) is 0. The second-order valence-electron chi connectivity index (χ2n) is 9.38. The minimum absolute atomic E-state index is 0.593. The first-order chi connectivity index (χ1) is 22.3. The molecule has 0 aliphatic carbocycles. The van der Waals surface area contributed by atoms with Gasteiger partial charge in [-0.25, -0.2) is 20.0 Å². The molecule has 0 heterocycles. The largest absolute Gasteiger partial charge is 0.370 e. The van der Waals surface area contributed by atoms with E-state index in [2.05, 4.69) is 30.6 Å². The lowest BCUT2D eigenvalue weighted by molar-refractivity contribution is -0.134. The van der Waals surface area contributed by atoms with Crippen molar-refractivity contribution in [1.29, 1.82) is 0 Å². The van der Waals surface area contributed by atoms with Crippen LogP contribution in [0.4, 0.5) is 0 Å². The monoisotopic (exact) mass is 677 g/mol. The first-order valence-corrected chi connectivity index (χ1v) is 13.3. The summed E-state index contributed by atoms with van der Waals surface area (Å²) in [5.74, 6) is -10.5. The van der Waals surface area contributed by atoms with Crippen LogP contribution in [0.3, 0.4) is 0 Å². The van der Waals surface area contributed by atoms with E-state index in [1.807, 2.05) is 16.0 Å². The number of nitrogens with zero attached hydrogens (tertiary/aromatic N) is 4. The van der Waals surface area contributed by atoms with E-state index >= 15 is 0 Å². The van der Waals surface area contributed by atoms with Crippen molar-refractivity contribution in [2.45, 2.75) is 43.7 Å². The Morgan fingerprint density at radius 3 is 1.08 bits per heavy atom. The Kier molecular flexibility index (Phi) is 14.8. The fraction of sp³-hybridized carbons (Fsp3) is 0.304. The minimum atomic E-state index is -2.06. The Morgan fingerprint density at radius 2 is 0.792 bits per heavy atom. The molecule has 6 atom stereocenters. The third-order valence-corrected chi connectivity index (χ3v) is 5.52. The molecule has 25 heteroatoms. The van der Waals surface area contributed by atoms with E-state index < -0.39 is 96.0 Å². The zero-order valence-electron chi connectivity index (χ0n) is 25.4. The third kappa shape index (κ3) is 13.4. The fourth-order valence-electron chi connectivity index (χ4n) is 3.32. The minimum Gasteiger partial charge on any atom is -0.370 e. The average molecular weight is 678 g/mol. The molecular weight excluding hydrogens is 638 g/mol. The van der Waals surface area contributed by atoms with Crippen molar-refractivity contribution in [2.24, 2.45) is 77.3 Å². The molecule has 262 valence electrons. The number of aliphatic imine (C=N–C) groups is 4. The SMILES string of the molecule is CC(C(=O)NC(N=C(N)N)C(=O)NC(N=C(N)N)C(=O)NC(N=C(N)N)C(=O)NC(N=C(N)N)C(=O)NC(N)C(N)=O)c1ccccc1. The molecule has 1 aromatic carbocycles. The van der Waals surface area contributed by atoms with Crippen molar-refractivity contribution in [3.63, 3.8) is 0 Å². The second kappa shape index (κ2) is 18.1. The molecule has 0 fully saturated rings. The van der Waals surface area contributed by atoms with Crippen LogP contribution in [0.15, 0.2) is 50.3 Å². The number of amides is 6. The van der Waals surface area contributed by atoms with Crippen molar-refractivity contribution in [3.05, 3.63) is 35.9 Å². The number of nitrogens with one attached hydrogen (secondary N) is 5. The standard InChI is InChI=1S/C23H39N19O6/c1-7(8-5-3-2-4-6-8)15(44)35-12(40-21(28)29)17(46)37-14(42-23(32)33)19(48)38-13(41-22(30)31)18(47)36-11(39-20(26)27)16(45)34-9(24)10(25)43/h2-7,9,11-14H,24H2,1H3,(H2,25,43)(H,34,45)(H,35,44)(H,36,47)(H,37,46)(H,38,48)(H4,26,27,39)(H4,28,29,40)(H4,30,31,41)(H4,32,33,42). The van der Waals surface area contributed by atoms with Gasteiger partial charge in [0.15, 0.2) is 30.0 Å². The van der Waals surface area contributed by atoms with Gasteiger partial charge in [-0.05, 0) is 12.5 Å². The molecule has 0 saturated heterocycles. The molecule has 0 aliphatic heterocycles. The summed E-state index contributed by atoms with van der Waals surface area (Å²) in [4.78, 5) is 90.4. The van der Waals surface area contributed by atoms with Crippen LogP contribution in [0.5, 0.6) is 0 Å². The van der Waals surface area contributed by atoms with Crippen molar-refractivity contribution in [3.8, 4) is 0 Å². The molecule has 6 amide bonds. The molecule has 0 spiro atoms. The maximum absolute atomic E-state index is 13.2. The number of carbonyl (C=O) groups is 6. The normalized spacial score (nSPS) is 14.0. The van der Waals surface area contributed by atoms with Crippen LogP contribution < -0.4 is 83.9 Å². The van der Waals surface area contributed by atoms with Gasteiger partial charge in [0.2, 0.25) is 30.6 Å². The summed E-state index contributed by atoms with van der Waals surface area (Å²) in [6, 6.07) is 8.47. The van der Waals surface area contributed by atoms with Gasteiger partial charge in [0.05, 0.1) is 5.92 Å². The molecule has 48 heavy (non-hydrogen) atoms. The van der Waals surface area contributed by atoms with Gasteiger partial charge < -0.3 is 83.9 Å². The van der Waals surface area contributed by atoms with Gasteiger partial charge in [-0.3, -0.25) is 28.8 Å². The molecule has 1 aromatic rings. The first kappa shape index (κ1) is 39.1. The highest BCUT2D eigenvalue weighted by molar-refractivity contribution is 5.98. The van der Waals surface area contributed by atoms with Crippen LogP contribution in [0, 0.1) is 0 Å². The first-order valence-electron chi connectivity index (χ1n) is 13.3. The van der Waals surface area contributed by atoms with Crippen LogP contribution in [0.2, 0.25) is 0 Å². The lowest BCUT2D eigenvalue weighted by Gasteiger charge is -2.23. The van der Waals surface area contributed by atoms with E-state index in [0.717, 1.165) is 0 Å². The number of guanidine groups is 4. The van der Waals surface area contributed by atoms with Gasteiger partial charge in [0, 0.05) is 0 Å². The lowest BCUT2D eigenvalue weighted by Crippen LogP contribution is -2.60. The Hall–Kier alpha value is -6.92. The zero-order valence-corrected chi connectivity index (χ0v) is 25.4. The van der Waals surface area contributed by atoms with Crippen LogP contribution in [-0.2, 0) is 28.8 Å². The number of rotatable bonds is 16. The summed E-state index contributed by atoms with van der Waals surface area (Å²) in [6.07, 6.45) is -9.57. The predicted octanol–water partition coefficient (Wildman–Crippen LogP) is -9.46. The summed E-state index contributed by atoms with van der Waals surface area (Å²) >= 11 is 0. The van der Waals surface area contributed by atoms with Gasteiger partial charge in [-0.15, -0.1) is 0 Å². The maximum atomic E-state index is 13.2. The Balaban J connectivity index is 3.30. The molecule has 0 aromatic heterocycles. The van der Waals surface area contributed by atoms with Crippen LogP contribution in [-0.4, -0.2) is 90.1 Å². The highest BCUT2D eigenvalue weighted by atomic mass is 16.2. The highest BCUT2D eigenvalue weighted by Crippen LogP contribution is 2.14. The van der Waals surface area contributed by atoms with Gasteiger partial charge in [-0.1, -0.05) is 30.3 Å². The summed E-state index contributed by atoms with van der Waals surface area (Å²) in [6.45, 7) is 1.55. The molecule has 0 bridgehead atoms. The third-order valence-electron chi connectivity index (χ3n) is 5.52. The number of benzene rings is 1. The van der Waals surface area contributed by atoms with Crippen LogP contribution in [0.1, 0.15) is 18.4 Å². The van der Waals surface area contributed by atoms with E-state index in [4.69, 9.17) is 57.3 Å². The van der Waals surface area contributed by atoms with Crippen LogP contribution >= 0.6 is 0 Å². The highest BCUT2D eigenvalue weighted by Gasteiger charge is 2.32. The molecule has 0 radical (unpaired) electrons. The van der Waals surface area contributed by atoms with E-state index in [9.17, 15) is 28.8 Å². The van der Waals surface area contributed by atoms with Gasteiger partial charge in [0.25, 0.3) is 29.5 Å². The molecule has 0 aliphatic rings. The van der Waals surface area contributed by atoms with Crippen molar-refractivity contribution >= 4 is 59.3 Å². The molecule has 25 N–H and O–H groups in total. The number of hydrogen-bond donors (Lipinski definition) is 15. The number of hydrogen-bond acceptors (Lipinski definition) is 11. The number of primary amides is 1.